The van der Waals surface area contributed by atoms with Gasteiger partial charge >= 0.3 is 0 Å². The summed E-state index contributed by atoms with van der Waals surface area (Å²) in [5.41, 5.74) is 0. The van der Waals surface area contributed by atoms with E-state index in [0.717, 1.165) is 19.6 Å². The number of carbonyl (C=O) groups is 2. The third-order valence-corrected chi connectivity index (χ3v) is 3.47. The summed E-state index contributed by atoms with van der Waals surface area (Å²) in [6.45, 7) is 5.17. The van der Waals surface area contributed by atoms with Crippen molar-refractivity contribution < 1.29 is 9.59 Å². The maximum Gasteiger partial charge on any atom is 0.244 e. The standard InChI is InChI=1S/C11H19N3O2/c1-2-14-5-3-4-8(14)7-12-9-6-10(15)13-11(9)16/h8-9,12H,2-7H2,1H3,(H,13,15,16). The fourth-order valence-electron chi connectivity index (χ4n) is 2.54. The van der Waals surface area contributed by atoms with Gasteiger partial charge in [0.1, 0.15) is 0 Å². The van der Waals surface area contributed by atoms with E-state index < -0.39 is 0 Å². The van der Waals surface area contributed by atoms with Crippen molar-refractivity contribution in [2.24, 2.45) is 0 Å². The first-order chi connectivity index (χ1) is 7.70. The first kappa shape index (κ1) is 11.5. The van der Waals surface area contributed by atoms with Gasteiger partial charge in [-0.1, -0.05) is 6.92 Å². The smallest absolute Gasteiger partial charge is 0.244 e. The van der Waals surface area contributed by atoms with Crippen LogP contribution in [-0.2, 0) is 9.59 Å². The summed E-state index contributed by atoms with van der Waals surface area (Å²) in [5, 5.41) is 5.51. The van der Waals surface area contributed by atoms with Gasteiger partial charge in [-0.3, -0.25) is 19.8 Å². The van der Waals surface area contributed by atoms with E-state index in [9.17, 15) is 9.59 Å². The predicted octanol–water partition coefficient (Wildman–Crippen LogP) is -0.525. The Morgan fingerprint density at radius 2 is 2.31 bits per heavy atom. The number of likely N-dealkylation sites (N-methyl/N-ethyl adjacent to an activating group) is 1. The van der Waals surface area contributed by atoms with E-state index in [4.69, 9.17) is 0 Å². The number of hydrogen-bond acceptors (Lipinski definition) is 4. The van der Waals surface area contributed by atoms with Gasteiger partial charge in [-0.15, -0.1) is 0 Å². The first-order valence-electron chi connectivity index (χ1n) is 6.02. The van der Waals surface area contributed by atoms with Crippen LogP contribution in [0.15, 0.2) is 0 Å². The van der Waals surface area contributed by atoms with Gasteiger partial charge in [0.25, 0.3) is 0 Å². The van der Waals surface area contributed by atoms with Crippen LogP contribution in [0.5, 0.6) is 0 Å². The lowest BCUT2D eigenvalue weighted by atomic mass is 10.2. The number of amides is 2. The number of carbonyl (C=O) groups excluding carboxylic acids is 2. The molecule has 5 nitrogen and oxygen atoms in total. The van der Waals surface area contributed by atoms with Crippen LogP contribution in [0.1, 0.15) is 26.2 Å². The molecule has 0 radical (unpaired) electrons. The predicted molar refractivity (Wildman–Crippen MR) is 59.8 cm³/mol. The molecule has 0 aromatic heterocycles. The largest absolute Gasteiger partial charge is 0.304 e. The van der Waals surface area contributed by atoms with Gasteiger partial charge < -0.3 is 5.32 Å². The lowest BCUT2D eigenvalue weighted by molar-refractivity contribution is -0.125. The molecule has 16 heavy (non-hydrogen) atoms. The molecule has 2 amide bonds. The zero-order chi connectivity index (χ0) is 11.5. The second kappa shape index (κ2) is 4.93. The Morgan fingerprint density at radius 3 is 2.94 bits per heavy atom. The molecule has 0 aromatic carbocycles. The van der Waals surface area contributed by atoms with Gasteiger partial charge in [0.15, 0.2) is 0 Å². The number of nitrogens with one attached hydrogen (secondary N) is 2. The van der Waals surface area contributed by atoms with Crippen LogP contribution in [0, 0.1) is 0 Å². The third kappa shape index (κ3) is 2.41. The summed E-state index contributed by atoms with van der Waals surface area (Å²) in [6.07, 6.45) is 2.71. The Kier molecular flexibility index (Phi) is 3.56. The van der Waals surface area contributed by atoms with Gasteiger partial charge in [-0.2, -0.15) is 0 Å². The van der Waals surface area contributed by atoms with Crippen LogP contribution in [0.3, 0.4) is 0 Å². The minimum absolute atomic E-state index is 0.165. The molecule has 2 unspecified atom stereocenters. The summed E-state index contributed by atoms with van der Waals surface area (Å²) in [7, 11) is 0. The Bertz CT molecular complexity index is 293. The molecule has 90 valence electrons. The van der Waals surface area contributed by atoms with Gasteiger partial charge in [-0.25, -0.2) is 0 Å². The maximum absolute atomic E-state index is 11.3. The normalized spacial score (nSPS) is 31.1. The van der Waals surface area contributed by atoms with Crippen LogP contribution in [0.2, 0.25) is 0 Å². The molecule has 0 spiro atoms. The summed E-state index contributed by atoms with van der Waals surface area (Å²) in [4.78, 5) is 24.7. The highest BCUT2D eigenvalue weighted by Crippen LogP contribution is 2.16. The van der Waals surface area contributed by atoms with Gasteiger partial charge in [-0.05, 0) is 25.9 Å². The molecule has 2 heterocycles. The van der Waals surface area contributed by atoms with Crippen molar-refractivity contribution in [3.8, 4) is 0 Å². The zero-order valence-corrected chi connectivity index (χ0v) is 9.66. The zero-order valence-electron chi connectivity index (χ0n) is 9.66. The average Bonchev–Trinajstić information content (AvgIpc) is 2.81. The third-order valence-electron chi connectivity index (χ3n) is 3.47. The van der Waals surface area contributed by atoms with E-state index in [1.54, 1.807) is 0 Å². The van der Waals surface area contributed by atoms with Crippen molar-refractivity contribution in [2.45, 2.75) is 38.3 Å². The first-order valence-corrected chi connectivity index (χ1v) is 6.02. The molecule has 2 N–H and O–H groups in total. The van der Waals surface area contributed by atoms with Crippen LogP contribution in [-0.4, -0.2) is 48.4 Å². The monoisotopic (exact) mass is 225 g/mol. The average molecular weight is 225 g/mol. The fraction of sp³-hybridized carbons (Fsp3) is 0.818. The SMILES string of the molecule is CCN1CCCC1CNC1CC(=O)NC1=O. The molecule has 0 saturated carbocycles. The van der Waals surface area contributed by atoms with Crippen molar-refractivity contribution in [3.05, 3.63) is 0 Å². The van der Waals surface area contributed by atoms with Crippen molar-refractivity contribution in [1.29, 1.82) is 0 Å². The van der Waals surface area contributed by atoms with Crippen molar-refractivity contribution in [2.75, 3.05) is 19.6 Å². The molecule has 2 aliphatic heterocycles. The number of likely N-dealkylation sites (tertiary alicyclic amines) is 1. The maximum atomic E-state index is 11.3. The molecule has 5 heteroatoms. The summed E-state index contributed by atoms with van der Waals surface area (Å²) in [5.74, 6) is -0.340. The quantitative estimate of drug-likeness (QED) is 0.632. The van der Waals surface area contributed by atoms with Gasteiger partial charge in [0.05, 0.1) is 12.5 Å². The summed E-state index contributed by atoms with van der Waals surface area (Å²) in [6, 6.07) is 0.209. The van der Waals surface area contributed by atoms with Gasteiger partial charge in [0, 0.05) is 12.6 Å². The number of rotatable bonds is 4. The van der Waals surface area contributed by atoms with Gasteiger partial charge in [0.2, 0.25) is 11.8 Å². The molecule has 2 fully saturated rings. The minimum atomic E-state index is -0.313. The number of nitrogens with zero attached hydrogens (tertiary/aromatic N) is 1. The Balaban J connectivity index is 1.79. The molecule has 0 aliphatic carbocycles. The Hall–Kier alpha value is -0.940. The van der Waals surface area contributed by atoms with Crippen molar-refractivity contribution in [3.63, 3.8) is 0 Å². The molecule has 0 bridgehead atoms. The molecule has 2 aliphatic rings. The highest BCUT2D eigenvalue weighted by atomic mass is 16.2. The second-order valence-corrected chi connectivity index (χ2v) is 4.50. The second-order valence-electron chi connectivity index (χ2n) is 4.50. The lowest BCUT2D eigenvalue weighted by Gasteiger charge is -2.23. The molecule has 2 atom stereocenters. The number of hydrogen-bond donors (Lipinski definition) is 2. The summed E-state index contributed by atoms with van der Waals surface area (Å²) < 4.78 is 0. The molecular weight excluding hydrogens is 206 g/mol. The summed E-state index contributed by atoms with van der Waals surface area (Å²) >= 11 is 0. The molecule has 0 aromatic rings. The van der Waals surface area contributed by atoms with E-state index in [2.05, 4.69) is 22.5 Å². The van der Waals surface area contributed by atoms with Crippen molar-refractivity contribution >= 4 is 11.8 Å². The highest BCUT2D eigenvalue weighted by Gasteiger charge is 2.31. The lowest BCUT2D eigenvalue weighted by Crippen LogP contribution is -2.44. The topological polar surface area (TPSA) is 61.4 Å². The van der Waals surface area contributed by atoms with Crippen LogP contribution >= 0.6 is 0 Å². The Morgan fingerprint density at radius 1 is 1.50 bits per heavy atom. The van der Waals surface area contributed by atoms with Crippen LogP contribution in [0.4, 0.5) is 0 Å². The van der Waals surface area contributed by atoms with Crippen molar-refractivity contribution in [1.82, 2.24) is 15.5 Å². The number of imide groups is 1. The van der Waals surface area contributed by atoms with Crippen LogP contribution < -0.4 is 10.6 Å². The van der Waals surface area contributed by atoms with E-state index in [-0.39, 0.29) is 24.3 Å². The van der Waals surface area contributed by atoms with E-state index in [1.807, 2.05) is 0 Å². The van der Waals surface area contributed by atoms with Crippen LogP contribution in [0.25, 0.3) is 0 Å². The molecular formula is C11H19N3O2. The van der Waals surface area contributed by atoms with E-state index in [1.165, 1.54) is 12.8 Å². The highest BCUT2D eigenvalue weighted by molar-refractivity contribution is 6.05. The van der Waals surface area contributed by atoms with E-state index in [0.29, 0.717) is 6.04 Å². The Labute approximate surface area is 95.6 Å². The molecule has 2 rings (SSSR count). The fourth-order valence-corrected chi connectivity index (χ4v) is 2.54. The minimum Gasteiger partial charge on any atom is -0.304 e. The molecule has 2 saturated heterocycles. The van der Waals surface area contributed by atoms with E-state index >= 15 is 0 Å².